The fourth-order valence-electron chi connectivity index (χ4n) is 3.61. The Labute approximate surface area is 140 Å². The van der Waals surface area contributed by atoms with Gasteiger partial charge in [0.25, 0.3) is 5.56 Å². The number of nitrogens with one attached hydrogen (secondary N) is 1. The van der Waals surface area contributed by atoms with Crippen molar-refractivity contribution >= 4 is 32.4 Å². The minimum Gasteiger partial charge on any atom is -0.454 e. The van der Waals surface area contributed by atoms with Gasteiger partial charge in [-0.3, -0.25) is 4.79 Å². The number of H-pyrrole nitrogens is 1. The number of benzene rings is 3. The molecule has 0 radical (unpaired) electrons. The third-order valence-corrected chi connectivity index (χ3v) is 4.80. The van der Waals surface area contributed by atoms with Gasteiger partial charge in [-0.25, -0.2) is 0 Å². The van der Waals surface area contributed by atoms with Crippen LogP contribution in [-0.4, -0.2) is 18.6 Å². The molecular weight excluding hydrogens is 322 g/mol. The number of aromatic amines is 1. The summed E-state index contributed by atoms with van der Waals surface area (Å²) in [7, 11) is 0. The molecule has 0 aliphatic carbocycles. The molecule has 6 nitrogen and oxygen atoms in total. The maximum absolute atomic E-state index is 12.7. The third kappa shape index (κ3) is 1.65. The van der Waals surface area contributed by atoms with Crippen LogP contribution < -0.4 is 24.5 Å². The fraction of sp³-hybridized carbons (Fsp3) is 0.105. The van der Waals surface area contributed by atoms with Crippen LogP contribution in [0.25, 0.3) is 32.4 Å². The molecule has 2 aliphatic rings. The van der Waals surface area contributed by atoms with Crippen LogP contribution in [0.3, 0.4) is 0 Å². The first-order chi connectivity index (χ1) is 12.3. The molecule has 1 aromatic heterocycles. The van der Waals surface area contributed by atoms with E-state index in [9.17, 15) is 4.79 Å². The van der Waals surface area contributed by atoms with Crippen molar-refractivity contribution in [1.29, 1.82) is 0 Å². The molecule has 0 amide bonds. The maximum atomic E-state index is 12.7. The second-order valence-corrected chi connectivity index (χ2v) is 6.12. The van der Waals surface area contributed by atoms with Crippen LogP contribution in [0, 0.1) is 0 Å². The summed E-state index contributed by atoms with van der Waals surface area (Å²) in [5.74, 6) is 2.66. The summed E-state index contributed by atoms with van der Waals surface area (Å²) in [4.78, 5) is 15.7. The highest BCUT2D eigenvalue weighted by Gasteiger charge is 2.19. The summed E-state index contributed by atoms with van der Waals surface area (Å²) in [6.45, 7) is 0.389. The summed E-state index contributed by atoms with van der Waals surface area (Å²) in [6.07, 6.45) is 0. The molecule has 0 unspecified atom stereocenters. The van der Waals surface area contributed by atoms with Gasteiger partial charge < -0.3 is 23.9 Å². The van der Waals surface area contributed by atoms with Gasteiger partial charge >= 0.3 is 0 Å². The Morgan fingerprint density at radius 3 is 2.00 bits per heavy atom. The number of hydrogen-bond donors (Lipinski definition) is 1. The number of aromatic nitrogens is 1. The molecule has 4 aromatic rings. The predicted molar refractivity (Wildman–Crippen MR) is 91.8 cm³/mol. The van der Waals surface area contributed by atoms with E-state index in [0.717, 1.165) is 32.8 Å². The quantitative estimate of drug-likeness (QED) is 0.500. The Hall–Kier alpha value is -3.41. The van der Waals surface area contributed by atoms with Gasteiger partial charge in [-0.1, -0.05) is 12.1 Å². The molecule has 0 spiro atoms. The van der Waals surface area contributed by atoms with Crippen LogP contribution >= 0.6 is 0 Å². The highest BCUT2D eigenvalue weighted by molar-refractivity contribution is 6.16. The molecule has 6 rings (SSSR count). The molecule has 3 aromatic carbocycles. The van der Waals surface area contributed by atoms with E-state index in [-0.39, 0.29) is 19.1 Å². The number of fused-ring (bicyclic) bond motifs is 7. The fourth-order valence-corrected chi connectivity index (χ4v) is 3.61. The van der Waals surface area contributed by atoms with Crippen LogP contribution in [0.1, 0.15) is 0 Å². The van der Waals surface area contributed by atoms with E-state index in [2.05, 4.69) is 4.98 Å². The maximum Gasteiger partial charge on any atom is 0.256 e. The Morgan fingerprint density at radius 2 is 1.28 bits per heavy atom. The van der Waals surface area contributed by atoms with E-state index in [1.165, 1.54) is 0 Å². The Morgan fingerprint density at radius 1 is 0.680 bits per heavy atom. The summed E-state index contributed by atoms with van der Waals surface area (Å²) in [5.41, 5.74) is 0.609. The number of rotatable bonds is 0. The zero-order valence-electron chi connectivity index (χ0n) is 12.9. The molecule has 122 valence electrons. The van der Waals surface area contributed by atoms with E-state index >= 15 is 0 Å². The topological polar surface area (TPSA) is 69.8 Å². The lowest BCUT2D eigenvalue weighted by Crippen LogP contribution is -2.06. The van der Waals surface area contributed by atoms with Crippen molar-refractivity contribution in [2.24, 2.45) is 0 Å². The van der Waals surface area contributed by atoms with Crippen molar-refractivity contribution in [3.8, 4) is 23.0 Å². The number of hydrogen-bond acceptors (Lipinski definition) is 5. The minimum absolute atomic E-state index is 0.161. The van der Waals surface area contributed by atoms with Crippen molar-refractivity contribution in [2.75, 3.05) is 13.6 Å². The van der Waals surface area contributed by atoms with E-state index in [1.54, 1.807) is 6.07 Å². The molecule has 2 aliphatic heterocycles. The first-order valence-electron chi connectivity index (χ1n) is 7.90. The lowest BCUT2D eigenvalue weighted by molar-refractivity contribution is 0.173. The third-order valence-electron chi connectivity index (χ3n) is 4.80. The molecular formula is C19H11NO5. The van der Waals surface area contributed by atoms with Gasteiger partial charge in [-0.2, -0.15) is 0 Å². The lowest BCUT2D eigenvalue weighted by atomic mass is 10.0. The largest absolute Gasteiger partial charge is 0.454 e. The van der Waals surface area contributed by atoms with Crippen molar-refractivity contribution in [1.82, 2.24) is 4.98 Å². The normalized spacial score (nSPS) is 14.7. The van der Waals surface area contributed by atoms with Gasteiger partial charge in [0.2, 0.25) is 13.6 Å². The van der Waals surface area contributed by atoms with Crippen molar-refractivity contribution in [2.45, 2.75) is 0 Å². The number of pyridine rings is 1. The van der Waals surface area contributed by atoms with E-state index < -0.39 is 0 Å². The number of ether oxygens (including phenoxy) is 4. The van der Waals surface area contributed by atoms with Crippen molar-refractivity contribution in [3.05, 3.63) is 46.8 Å². The Bertz CT molecular complexity index is 1270. The van der Waals surface area contributed by atoms with Gasteiger partial charge in [-0.05, 0) is 29.7 Å². The molecule has 0 fully saturated rings. The predicted octanol–water partition coefficient (Wildman–Crippen LogP) is 3.29. The highest BCUT2D eigenvalue weighted by atomic mass is 16.7. The molecule has 0 saturated heterocycles. The monoisotopic (exact) mass is 333 g/mol. The molecule has 6 heteroatoms. The average molecular weight is 333 g/mol. The molecule has 3 heterocycles. The Balaban J connectivity index is 1.79. The zero-order valence-corrected chi connectivity index (χ0v) is 12.9. The van der Waals surface area contributed by atoms with Gasteiger partial charge in [0.15, 0.2) is 23.0 Å². The smallest absolute Gasteiger partial charge is 0.256 e. The van der Waals surface area contributed by atoms with E-state index in [4.69, 9.17) is 18.9 Å². The molecule has 25 heavy (non-hydrogen) atoms. The summed E-state index contributed by atoms with van der Waals surface area (Å²) in [6, 6.07) is 11.5. The van der Waals surface area contributed by atoms with Crippen molar-refractivity contribution in [3.63, 3.8) is 0 Å². The molecule has 0 atom stereocenters. The van der Waals surface area contributed by atoms with Crippen LogP contribution in [0.4, 0.5) is 0 Å². The second kappa shape index (κ2) is 4.36. The van der Waals surface area contributed by atoms with Gasteiger partial charge in [0.05, 0.1) is 10.9 Å². The SMILES string of the molecule is O=c1[nH]c2c3cc4c(cc3ccc2c2cc3c(cc12)OCO3)OCO4. The zero-order chi connectivity index (χ0) is 16.5. The van der Waals surface area contributed by atoms with E-state index in [1.807, 2.05) is 30.3 Å². The van der Waals surface area contributed by atoms with Gasteiger partial charge in [0, 0.05) is 16.2 Å². The minimum atomic E-state index is -0.161. The first kappa shape index (κ1) is 12.9. The lowest BCUT2D eigenvalue weighted by Gasteiger charge is -2.09. The molecule has 0 saturated carbocycles. The average Bonchev–Trinajstić information content (AvgIpc) is 3.26. The van der Waals surface area contributed by atoms with Gasteiger partial charge in [0.1, 0.15) is 0 Å². The molecule has 1 N–H and O–H groups in total. The summed E-state index contributed by atoms with van der Waals surface area (Å²) >= 11 is 0. The van der Waals surface area contributed by atoms with Crippen LogP contribution in [-0.2, 0) is 0 Å². The summed E-state index contributed by atoms with van der Waals surface area (Å²) < 4.78 is 21.8. The van der Waals surface area contributed by atoms with Crippen LogP contribution in [0.5, 0.6) is 23.0 Å². The highest BCUT2D eigenvalue weighted by Crippen LogP contribution is 2.41. The summed E-state index contributed by atoms with van der Waals surface area (Å²) in [5, 5.41) is 4.25. The second-order valence-electron chi connectivity index (χ2n) is 6.12. The molecule has 0 bridgehead atoms. The van der Waals surface area contributed by atoms with Crippen LogP contribution in [0.2, 0.25) is 0 Å². The Kier molecular flexibility index (Phi) is 2.26. The standard InChI is InChI=1S/C19H11NO5/c21-19-13-6-17-16(24-8-25-17)5-12(13)10-2-1-9-3-14-15(23-7-22-14)4-11(9)18(10)20-19/h1-6H,7-8H2,(H,20,21). The van der Waals surface area contributed by atoms with E-state index in [0.29, 0.717) is 22.6 Å². The van der Waals surface area contributed by atoms with Crippen LogP contribution in [0.15, 0.2) is 41.2 Å². The van der Waals surface area contributed by atoms with Crippen molar-refractivity contribution < 1.29 is 18.9 Å². The van der Waals surface area contributed by atoms with Gasteiger partial charge in [-0.15, -0.1) is 0 Å². The first-order valence-corrected chi connectivity index (χ1v) is 7.90.